The van der Waals surface area contributed by atoms with Gasteiger partial charge in [0.1, 0.15) is 17.3 Å². The summed E-state index contributed by atoms with van der Waals surface area (Å²) in [7, 11) is 0. The second-order valence-corrected chi connectivity index (χ2v) is 8.57. The fraction of sp³-hybridized carbons (Fsp3) is 0.280. The van der Waals surface area contributed by atoms with E-state index in [9.17, 15) is 17.6 Å². The van der Waals surface area contributed by atoms with E-state index in [-0.39, 0.29) is 16.9 Å². The zero-order chi connectivity index (χ0) is 23.4. The zero-order valence-electron chi connectivity index (χ0n) is 17.7. The van der Waals surface area contributed by atoms with E-state index in [1.54, 1.807) is 24.3 Å². The number of halogens is 5. The van der Waals surface area contributed by atoms with Crippen LogP contribution in [0.4, 0.5) is 17.6 Å². The molecule has 0 radical (unpaired) electrons. The number of hydrogen-bond donors (Lipinski definition) is 0. The molecule has 0 aromatic heterocycles. The molecule has 7 heteroatoms. The Bertz CT molecular complexity index is 1030. The predicted molar refractivity (Wildman–Crippen MR) is 117 cm³/mol. The van der Waals surface area contributed by atoms with Crippen molar-refractivity contribution in [3.8, 4) is 17.2 Å². The Kier molecular flexibility index (Phi) is 7.34. The molecule has 0 aliphatic carbocycles. The molecule has 0 amide bonds. The number of aryl methyl sites for hydroxylation is 1. The highest BCUT2D eigenvalue weighted by Crippen LogP contribution is 2.33. The fourth-order valence-electron chi connectivity index (χ4n) is 3.40. The van der Waals surface area contributed by atoms with Gasteiger partial charge in [-0.1, -0.05) is 32.0 Å². The summed E-state index contributed by atoms with van der Waals surface area (Å²) in [5, 5.41) is 0. The standard InChI is InChI=1S/C25H23ClF4O2/c1-24(2,18-6-10-21(11-7-18)32-25(26,29)30)15-3-4-17-5-14-22(28)23(16-17)31-20-12-8-19(27)9-13-20/h5-14,16H,3-4,15H2,1-2H3. The first-order valence-electron chi connectivity index (χ1n) is 10.1. The second kappa shape index (κ2) is 9.82. The molecule has 0 saturated heterocycles. The van der Waals surface area contributed by atoms with Crippen molar-refractivity contribution in [1.82, 2.24) is 0 Å². The van der Waals surface area contributed by atoms with Crippen LogP contribution in [0, 0.1) is 11.6 Å². The third kappa shape index (κ3) is 6.89. The molecule has 3 rings (SSSR count). The number of alkyl halides is 3. The third-order valence-electron chi connectivity index (χ3n) is 5.17. The van der Waals surface area contributed by atoms with E-state index in [0.717, 1.165) is 24.0 Å². The molecule has 2 nitrogen and oxygen atoms in total. The number of benzene rings is 3. The Balaban J connectivity index is 1.59. The van der Waals surface area contributed by atoms with Gasteiger partial charge in [-0.3, -0.25) is 0 Å². The molecule has 0 saturated carbocycles. The number of rotatable bonds is 9. The number of ether oxygens (including phenoxy) is 2. The highest BCUT2D eigenvalue weighted by molar-refractivity contribution is 6.20. The topological polar surface area (TPSA) is 18.5 Å². The van der Waals surface area contributed by atoms with Crippen molar-refractivity contribution in [2.75, 3.05) is 0 Å². The van der Waals surface area contributed by atoms with E-state index in [1.165, 1.54) is 42.5 Å². The van der Waals surface area contributed by atoms with Crippen molar-refractivity contribution < 1.29 is 27.0 Å². The maximum absolute atomic E-state index is 14.1. The minimum atomic E-state index is -3.74. The molecule has 0 unspecified atom stereocenters. The molecule has 0 spiro atoms. The van der Waals surface area contributed by atoms with Crippen LogP contribution in [0.2, 0.25) is 0 Å². The van der Waals surface area contributed by atoms with Gasteiger partial charge < -0.3 is 9.47 Å². The first-order valence-corrected chi connectivity index (χ1v) is 10.5. The summed E-state index contributed by atoms with van der Waals surface area (Å²) in [6, 6.07) is 16.5. The summed E-state index contributed by atoms with van der Waals surface area (Å²) < 4.78 is 62.6. The lowest BCUT2D eigenvalue weighted by Gasteiger charge is -2.25. The first-order chi connectivity index (χ1) is 15.0. The summed E-state index contributed by atoms with van der Waals surface area (Å²) in [4.78, 5) is 0. The highest BCUT2D eigenvalue weighted by Gasteiger charge is 2.28. The summed E-state index contributed by atoms with van der Waals surface area (Å²) >= 11 is 4.79. The van der Waals surface area contributed by atoms with Gasteiger partial charge in [-0.15, -0.1) is 8.78 Å². The van der Waals surface area contributed by atoms with E-state index in [2.05, 4.69) is 18.6 Å². The summed E-state index contributed by atoms with van der Waals surface area (Å²) in [5.41, 5.74) is -2.07. The van der Waals surface area contributed by atoms with Crippen molar-refractivity contribution in [1.29, 1.82) is 0 Å². The van der Waals surface area contributed by atoms with Crippen molar-refractivity contribution >= 4 is 11.6 Å². The summed E-state index contributed by atoms with van der Waals surface area (Å²) in [5.74, 6) is -0.468. The van der Waals surface area contributed by atoms with Crippen molar-refractivity contribution in [3.63, 3.8) is 0 Å². The minimum Gasteiger partial charge on any atom is -0.454 e. The van der Waals surface area contributed by atoms with Crippen molar-refractivity contribution in [2.24, 2.45) is 0 Å². The lowest BCUT2D eigenvalue weighted by atomic mass is 9.80. The quantitative estimate of drug-likeness (QED) is 0.233. The average Bonchev–Trinajstić information content (AvgIpc) is 2.71. The lowest BCUT2D eigenvalue weighted by Crippen LogP contribution is -2.18. The van der Waals surface area contributed by atoms with Crippen LogP contribution in [0.25, 0.3) is 0 Å². The Morgan fingerprint density at radius 1 is 0.844 bits per heavy atom. The predicted octanol–water partition coefficient (Wildman–Crippen LogP) is 8.23. The first kappa shape index (κ1) is 23.9. The summed E-state index contributed by atoms with van der Waals surface area (Å²) in [6.45, 7) is 4.12. The van der Waals surface area contributed by atoms with Gasteiger partial charge >= 0.3 is 5.57 Å². The lowest BCUT2D eigenvalue weighted by molar-refractivity contribution is -0.0964. The molecule has 0 aliphatic rings. The Labute approximate surface area is 189 Å². The molecule has 0 heterocycles. The average molecular weight is 467 g/mol. The van der Waals surface area contributed by atoms with Crippen molar-refractivity contribution in [3.05, 3.63) is 89.5 Å². The van der Waals surface area contributed by atoms with Crippen LogP contribution in [0.3, 0.4) is 0 Å². The molecular formula is C25H23ClF4O2. The third-order valence-corrected chi connectivity index (χ3v) is 5.25. The van der Waals surface area contributed by atoms with Crippen LogP contribution in [0.1, 0.15) is 37.8 Å². The van der Waals surface area contributed by atoms with E-state index < -0.39 is 17.2 Å². The smallest absolute Gasteiger partial charge is 0.454 e. The van der Waals surface area contributed by atoms with Gasteiger partial charge in [0.05, 0.1) is 0 Å². The molecule has 3 aromatic rings. The van der Waals surface area contributed by atoms with Gasteiger partial charge in [-0.2, -0.15) is 0 Å². The highest BCUT2D eigenvalue weighted by atomic mass is 35.5. The molecule has 0 bridgehead atoms. The Morgan fingerprint density at radius 3 is 2.09 bits per heavy atom. The largest absolute Gasteiger partial charge is 0.487 e. The van der Waals surface area contributed by atoms with Crippen LogP contribution in [0.15, 0.2) is 66.7 Å². The molecule has 170 valence electrons. The van der Waals surface area contributed by atoms with Gasteiger partial charge in [0.2, 0.25) is 0 Å². The Hall–Kier alpha value is -2.73. The van der Waals surface area contributed by atoms with Gasteiger partial charge in [-0.25, -0.2) is 8.78 Å². The SMILES string of the molecule is CC(C)(CCCc1ccc(F)c(Oc2ccc(F)cc2)c1)c1ccc(OC(F)(F)Cl)cc1. The second-order valence-electron chi connectivity index (χ2n) is 8.13. The van der Waals surface area contributed by atoms with Crippen LogP contribution >= 0.6 is 11.6 Å². The molecular weight excluding hydrogens is 444 g/mol. The van der Waals surface area contributed by atoms with E-state index >= 15 is 0 Å². The molecule has 0 fully saturated rings. The molecule has 0 N–H and O–H groups in total. The molecule has 32 heavy (non-hydrogen) atoms. The van der Waals surface area contributed by atoms with Crippen LogP contribution < -0.4 is 9.47 Å². The minimum absolute atomic E-state index is 0.00968. The van der Waals surface area contributed by atoms with Gasteiger partial charge in [-0.05, 0) is 84.3 Å². The van der Waals surface area contributed by atoms with Gasteiger partial charge in [0, 0.05) is 11.6 Å². The molecule has 0 atom stereocenters. The zero-order valence-corrected chi connectivity index (χ0v) is 18.4. The van der Waals surface area contributed by atoms with Gasteiger partial charge in [0.25, 0.3) is 0 Å². The fourth-order valence-corrected chi connectivity index (χ4v) is 3.49. The molecule has 3 aromatic carbocycles. The van der Waals surface area contributed by atoms with E-state index in [0.29, 0.717) is 12.2 Å². The maximum atomic E-state index is 14.1. The molecule has 0 aliphatic heterocycles. The maximum Gasteiger partial charge on any atom is 0.487 e. The van der Waals surface area contributed by atoms with E-state index in [1.807, 2.05) is 0 Å². The monoisotopic (exact) mass is 466 g/mol. The van der Waals surface area contributed by atoms with Crippen molar-refractivity contribution in [2.45, 2.75) is 44.1 Å². The van der Waals surface area contributed by atoms with E-state index in [4.69, 9.17) is 16.3 Å². The van der Waals surface area contributed by atoms with Gasteiger partial charge in [0.15, 0.2) is 11.6 Å². The van der Waals surface area contributed by atoms with Crippen LogP contribution in [-0.4, -0.2) is 5.57 Å². The Morgan fingerprint density at radius 2 is 1.47 bits per heavy atom. The van der Waals surface area contributed by atoms with Crippen LogP contribution in [0.5, 0.6) is 17.2 Å². The summed E-state index contributed by atoms with van der Waals surface area (Å²) in [6.07, 6.45) is 2.32. The van der Waals surface area contributed by atoms with Crippen LogP contribution in [-0.2, 0) is 11.8 Å². The normalized spacial score (nSPS) is 12.0. The number of hydrogen-bond acceptors (Lipinski definition) is 2.